The number of aromatic amines is 1. The molecule has 6 nitrogen and oxygen atoms in total. The van der Waals surface area contributed by atoms with Gasteiger partial charge in [-0.2, -0.15) is 10.2 Å². The normalized spacial score (nSPS) is 11.2. The highest BCUT2D eigenvalue weighted by Gasteiger charge is 2.11. The number of carbonyl (C=O) groups is 1. The first-order valence-corrected chi connectivity index (χ1v) is 8.18. The molecule has 7 heteroatoms. The minimum absolute atomic E-state index is 0.292. The lowest BCUT2D eigenvalue weighted by Gasteiger charge is -2.06. The molecule has 0 spiro atoms. The van der Waals surface area contributed by atoms with Crippen LogP contribution in [0.25, 0.3) is 0 Å². The summed E-state index contributed by atoms with van der Waals surface area (Å²) in [5.41, 5.74) is 6.62. The number of halogens is 1. The van der Waals surface area contributed by atoms with Gasteiger partial charge in [0.15, 0.2) is 0 Å². The molecule has 0 aliphatic rings. The summed E-state index contributed by atoms with van der Waals surface area (Å²) < 4.78 is 1.88. The van der Waals surface area contributed by atoms with E-state index in [1.807, 2.05) is 42.8 Å². The molecule has 0 saturated heterocycles. The van der Waals surface area contributed by atoms with Gasteiger partial charge in [0.05, 0.1) is 18.5 Å². The largest absolute Gasteiger partial charge is 0.357 e. The number of hydrazone groups is 1. The molecule has 2 N–H and O–H groups in total. The summed E-state index contributed by atoms with van der Waals surface area (Å²) in [6.45, 7) is 4.45. The summed E-state index contributed by atoms with van der Waals surface area (Å²) in [7, 11) is 0. The third kappa shape index (κ3) is 3.80. The number of carbonyl (C=O) groups excluding carboxylic acids is 1. The Morgan fingerprint density at radius 1 is 1.32 bits per heavy atom. The topological polar surface area (TPSA) is 75.1 Å². The fourth-order valence-electron chi connectivity index (χ4n) is 2.53. The van der Waals surface area contributed by atoms with E-state index in [9.17, 15) is 4.79 Å². The van der Waals surface area contributed by atoms with Gasteiger partial charge in [-0.3, -0.25) is 9.48 Å². The highest BCUT2D eigenvalue weighted by Crippen LogP contribution is 2.18. The number of hydrogen-bond donors (Lipinski definition) is 2. The molecule has 0 aliphatic carbocycles. The summed E-state index contributed by atoms with van der Waals surface area (Å²) in [6, 6.07) is 11.1. The summed E-state index contributed by atoms with van der Waals surface area (Å²) in [4.78, 5) is 14.7. The zero-order chi connectivity index (χ0) is 17.8. The molecule has 0 unspecified atom stereocenters. The van der Waals surface area contributed by atoms with Gasteiger partial charge in [-0.25, -0.2) is 5.43 Å². The Labute approximate surface area is 150 Å². The lowest BCUT2D eigenvalue weighted by Crippen LogP contribution is -2.17. The van der Waals surface area contributed by atoms with Crippen molar-refractivity contribution >= 4 is 23.7 Å². The van der Waals surface area contributed by atoms with Crippen LogP contribution >= 0.6 is 11.6 Å². The molecule has 25 heavy (non-hydrogen) atoms. The van der Waals surface area contributed by atoms with Gasteiger partial charge in [-0.1, -0.05) is 29.8 Å². The Kier molecular flexibility index (Phi) is 5.00. The Balaban J connectivity index is 1.74. The van der Waals surface area contributed by atoms with Crippen molar-refractivity contribution in [3.8, 4) is 0 Å². The number of amides is 1. The van der Waals surface area contributed by atoms with Gasteiger partial charge in [0, 0.05) is 22.5 Å². The van der Waals surface area contributed by atoms with Crippen LogP contribution in [0.2, 0.25) is 5.02 Å². The average Bonchev–Trinajstić information content (AvgIpc) is 3.21. The first-order chi connectivity index (χ1) is 12.1. The first-order valence-electron chi connectivity index (χ1n) is 7.80. The molecule has 1 aromatic carbocycles. The van der Waals surface area contributed by atoms with Crippen LogP contribution < -0.4 is 5.43 Å². The number of nitrogens with one attached hydrogen (secondary N) is 2. The van der Waals surface area contributed by atoms with Gasteiger partial charge in [-0.15, -0.1) is 0 Å². The van der Waals surface area contributed by atoms with Crippen molar-refractivity contribution in [1.29, 1.82) is 0 Å². The van der Waals surface area contributed by atoms with Crippen molar-refractivity contribution in [3.63, 3.8) is 0 Å². The summed E-state index contributed by atoms with van der Waals surface area (Å²) >= 11 is 6.22. The lowest BCUT2D eigenvalue weighted by molar-refractivity contribution is 0.0951. The summed E-state index contributed by atoms with van der Waals surface area (Å²) in [6.07, 6.45) is 3.30. The van der Waals surface area contributed by atoms with E-state index in [4.69, 9.17) is 11.6 Å². The number of nitrogens with zero attached hydrogens (tertiary/aromatic N) is 3. The van der Waals surface area contributed by atoms with Crippen LogP contribution in [0.3, 0.4) is 0 Å². The van der Waals surface area contributed by atoms with Crippen molar-refractivity contribution < 1.29 is 4.79 Å². The second-order valence-corrected chi connectivity index (χ2v) is 6.02. The smallest absolute Gasteiger partial charge is 0.287 e. The van der Waals surface area contributed by atoms with E-state index in [1.54, 1.807) is 24.5 Å². The van der Waals surface area contributed by atoms with Crippen LogP contribution in [0.1, 0.15) is 33.0 Å². The molecule has 0 bridgehead atoms. The van der Waals surface area contributed by atoms with Crippen molar-refractivity contribution in [2.45, 2.75) is 20.4 Å². The fourth-order valence-corrected chi connectivity index (χ4v) is 2.72. The van der Waals surface area contributed by atoms with Gasteiger partial charge in [0.25, 0.3) is 5.91 Å². The van der Waals surface area contributed by atoms with Crippen molar-refractivity contribution in [3.05, 3.63) is 75.8 Å². The third-order valence-corrected chi connectivity index (χ3v) is 4.29. The van der Waals surface area contributed by atoms with E-state index in [1.165, 1.54) is 0 Å². The number of benzene rings is 1. The maximum Gasteiger partial charge on any atom is 0.287 e. The van der Waals surface area contributed by atoms with Gasteiger partial charge in [0.1, 0.15) is 5.69 Å². The fraction of sp³-hybridized carbons (Fsp3) is 0.167. The number of rotatable bonds is 5. The molecule has 1 amide bonds. The molecule has 128 valence electrons. The lowest BCUT2D eigenvalue weighted by atomic mass is 10.2. The van der Waals surface area contributed by atoms with Gasteiger partial charge < -0.3 is 4.98 Å². The van der Waals surface area contributed by atoms with Crippen LogP contribution in [0.15, 0.2) is 47.7 Å². The van der Waals surface area contributed by atoms with Crippen molar-refractivity contribution in [2.75, 3.05) is 0 Å². The Morgan fingerprint density at radius 2 is 2.12 bits per heavy atom. The minimum Gasteiger partial charge on any atom is -0.357 e. The summed E-state index contributed by atoms with van der Waals surface area (Å²) in [5, 5.41) is 9.29. The molecule has 0 atom stereocenters. The van der Waals surface area contributed by atoms with E-state index in [2.05, 4.69) is 20.6 Å². The predicted molar refractivity (Wildman–Crippen MR) is 98.1 cm³/mol. The highest BCUT2D eigenvalue weighted by molar-refractivity contribution is 6.31. The number of H-pyrrole nitrogens is 1. The maximum absolute atomic E-state index is 11.9. The Bertz CT molecular complexity index is 912. The van der Waals surface area contributed by atoms with Crippen LogP contribution in [-0.2, 0) is 6.54 Å². The number of hydrogen-bond acceptors (Lipinski definition) is 3. The first kappa shape index (κ1) is 17.0. The molecule has 2 heterocycles. The SMILES string of the molecule is Cc1nn(Cc2ccccc2Cl)c(C)c1/C=N\NC(=O)c1ccc[nH]1. The van der Waals surface area contributed by atoms with E-state index in [0.717, 1.165) is 22.5 Å². The predicted octanol–water partition coefficient (Wildman–Crippen LogP) is 3.29. The molecule has 0 aliphatic heterocycles. The van der Waals surface area contributed by atoms with Crippen LogP contribution in [0.5, 0.6) is 0 Å². The molecular weight excluding hydrogens is 338 g/mol. The minimum atomic E-state index is -0.292. The van der Waals surface area contributed by atoms with E-state index < -0.39 is 0 Å². The summed E-state index contributed by atoms with van der Waals surface area (Å²) in [5.74, 6) is -0.292. The molecule has 0 fully saturated rings. The van der Waals surface area contributed by atoms with Crippen molar-refractivity contribution in [1.82, 2.24) is 20.2 Å². The van der Waals surface area contributed by atoms with Gasteiger partial charge in [0.2, 0.25) is 0 Å². The second kappa shape index (κ2) is 7.36. The molecular formula is C18H18ClN5O. The molecule has 2 aromatic heterocycles. The third-order valence-electron chi connectivity index (χ3n) is 3.92. The van der Waals surface area contributed by atoms with Crippen LogP contribution in [-0.4, -0.2) is 26.9 Å². The van der Waals surface area contributed by atoms with E-state index in [-0.39, 0.29) is 5.91 Å². The number of aryl methyl sites for hydroxylation is 1. The quantitative estimate of drug-likeness (QED) is 0.544. The maximum atomic E-state index is 11.9. The van der Waals surface area contributed by atoms with Crippen LogP contribution in [0.4, 0.5) is 0 Å². The molecule has 3 rings (SSSR count). The van der Waals surface area contributed by atoms with E-state index >= 15 is 0 Å². The standard InChI is InChI=1S/C18H18ClN5O/c1-12-15(10-21-22-18(25)17-8-5-9-20-17)13(2)24(23-12)11-14-6-3-4-7-16(14)19/h3-10,20H,11H2,1-2H3,(H,22,25)/b21-10-. The average molecular weight is 356 g/mol. The Morgan fingerprint density at radius 3 is 2.84 bits per heavy atom. The monoisotopic (exact) mass is 355 g/mol. The highest BCUT2D eigenvalue weighted by atomic mass is 35.5. The van der Waals surface area contributed by atoms with Gasteiger partial charge in [-0.05, 0) is 37.6 Å². The van der Waals surface area contributed by atoms with E-state index in [0.29, 0.717) is 17.3 Å². The molecule has 0 radical (unpaired) electrons. The second-order valence-electron chi connectivity index (χ2n) is 5.62. The van der Waals surface area contributed by atoms with Crippen LogP contribution in [0, 0.1) is 13.8 Å². The van der Waals surface area contributed by atoms with Gasteiger partial charge >= 0.3 is 0 Å². The zero-order valence-corrected chi connectivity index (χ0v) is 14.7. The molecule has 3 aromatic rings. The Hall–Kier alpha value is -2.86. The van der Waals surface area contributed by atoms with Crippen molar-refractivity contribution in [2.24, 2.45) is 5.10 Å². The number of aromatic nitrogens is 3. The molecule has 0 saturated carbocycles. The zero-order valence-electron chi connectivity index (χ0n) is 14.0.